The number of ether oxygens (including phenoxy) is 2. The number of carbonyl (C=O) groups excluding carboxylic acids is 2. The van der Waals surface area contributed by atoms with E-state index in [0.29, 0.717) is 12.0 Å². The summed E-state index contributed by atoms with van der Waals surface area (Å²) in [7, 11) is 4.14. The van der Waals surface area contributed by atoms with Gasteiger partial charge in [0.2, 0.25) is 17.3 Å². The third-order valence-electron chi connectivity index (χ3n) is 2.85. The molecule has 0 aliphatic heterocycles. The van der Waals surface area contributed by atoms with E-state index in [0.717, 1.165) is 5.69 Å². The summed E-state index contributed by atoms with van der Waals surface area (Å²) in [5.74, 6) is -1.73. The first kappa shape index (κ1) is 14.8. The number of methoxy groups -OCH3 is 2. The molecule has 2 aromatic rings. The minimum Gasteiger partial charge on any atom is -0.464 e. The molecule has 8 nitrogen and oxygen atoms in total. The second kappa shape index (κ2) is 5.78. The lowest BCUT2D eigenvalue weighted by Crippen LogP contribution is -2.10. The van der Waals surface area contributed by atoms with Crippen LogP contribution in [0.25, 0.3) is 11.5 Å². The number of esters is 2. The summed E-state index contributed by atoms with van der Waals surface area (Å²) in [6.07, 6.45) is 2.35. The van der Waals surface area contributed by atoms with Crippen LogP contribution in [0.5, 0.6) is 0 Å². The first-order chi connectivity index (χ1) is 10.0. The molecule has 0 aromatic carbocycles. The lowest BCUT2D eigenvalue weighted by atomic mass is 10.2. The van der Waals surface area contributed by atoms with Crippen LogP contribution in [0.2, 0.25) is 0 Å². The minimum atomic E-state index is -0.795. The molecule has 0 N–H and O–H groups in total. The van der Waals surface area contributed by atoms with E-state index < -0.39 is 11.9 Å². The van der Waals surface area contributed by atoms with Gasteiger partial charge in [0.15, 0.2) is 0 Å². The summed E-state index contributed by atoms with van der Waals surface area (Å²) in [5, 5.41) is 4.26. The standard InChI is InChI=1S/C13H15N3O5/c1-5-8-7(6-16(2)15-8)11-14-9(12(17)19-3)10(21-11)13(18)20-4/h6H,5H2,1-4H3. The molecule has 0 saturated heterocycles. The molecule has 2 rings (SSSR count). The molecule has 0 aliphatic carbocycles. The van der Waals surface area contributed by atoms with Gasteiger partial charge in [-0.1, -0.05) is 6.92 Å². The fourth-order valence-corrected chi connectivity index (χ4v) is 1.88. The molecule has 0 fully saturated rings. The molecule has 0 saturated carbocycles. The lowest BCUT2D eigenvalue weighted by Gasteiger charge is -1.96. The number of oxazole rings is 1. The predicted octanol–water partition coefficient (Wildman–Crippen LogP) is 1.21. The fraction of sp³-hybridized carbons (Fsp3) is 0.385. The summed E-state index contributed by atoms with van der Waals surface area (Å²) < 4.78 is 16.2. The highest BCUT2D eigenvalue weighted by Crippen LogP contribution is 2.26. The van der Waals surface area contributed by atoms with E-state index in [1.165, 1.54) is 14.2 Å². The van der Waals surface area contributed by atoms with Gasteiger partial charge < -0.3 is 13.9 Å². The van der Waals surface area contributed by atoms with Crippen LogP contribution in [0, 0.1) is 0 Å². The van der Waals surface area contributed by atoms with Crippen LogP contribution < -0.4 is 0 Å². The normalized spacial score (nSPS) is 10.5. The summed E-state index contributed by atoms with van der Waals surface area (Å²) in [6, 6.07) is 0. The Labute approximate surface area is 120 Å². The Kier molecular flexibility index (Phi) is 4.06. The van der Waals surface area contributed by atoms with E-state index in [9.17, 15) is 9.59 Å². The van der Waals surface area contributed by atoms with Crippen LogP contribution in [0.15, 0.2) is 10.6 Å². The Morgan fingerprint density at radius 3 is 2.52 bits per heavy atom. The Morgan fingerprint density at radius 2 is 1.95 bits per heavy atom. The Morgan fingerprint density at radius 1 is 1.29 bits per heavy atom. The molecule has 21 heavy (non-hydrogen) atoms. The van der Waals surface area contributed by atoms with Crippen LogP contribution in [0.1, 0.15) is 33.7 Å². The van der Waals surface area contributed by atoms with Crippen molar-refractivity contribution in [3.63, 3.8) is 0 Å². The van der Waals surface area contributed by atoms with Crippen molar-refractivity contribution in [1.29, 1.82) is 0 Å². The van der Waals surface area contributed by atoms with Gasteiger partial charge in [-0.25, -0.2) is 14.6 Å². The van der Waals surface area contributed by atoms with Gasteiger partial charge in [0.1, 0.15) is 0 Å². The zero-order chi connectivity index (χ0) is 15.6. The number of aromatic nitrogens is 3. The zero-order valence-corrected chi connectivity index (χ0v) is 12.2. The molecular weight excluding hydrogens is 278 g/mol. The van der Waals surface area contributed by atoms with Crippen molar-refractivity contribution in [2.45, 2.75) is 13.3 Å². The minimum absolute atomic E-state index is 0.126. The van der Waals surface area contributed by atoms with E-state index in [1.807, 2.05) is 6.92 Å². The van der Waals surface area contributed by atoms with Gasteiger partial charge in [-0.05, 0) is 6.42 Å². The number of aryl methyl sites for hydroxylation is 2. The van der Waals surface area contributed by atoms with E-state index in [4.69, 9.17) is 4.42 Å². The van der Waals surface area contributed by atoms with Crippen LogP contribution in [-0.4, -0.2) is 40.9 Å². The topological polar surface area (TPSA) is 96.5 Å². The molecule has 0 unspecified atom stereocenters. The summed E-state index contributed by atoms with van der Waals surface area (Å²) in [4.78, 5) is 27.4. The number of carbonyl (C=O) groups is 2. The molecule has 8 heteroatoms. The maximum Gasteiger partial charge on any atom is 0.376 e. The Balaban J connectivity index is 2.57. The molecule has 0 spiro atoms. The zero-order valence-electron chi connectivity index (χ0n) is 12.2. The van der Waals surface area contributed by atoms with Gasteiger partial charge in [-0.3, -0.25) is 4.68 Å². The monoisotopic (exact) mass is 293 g/mol. The Hall–Kier alpha value is -2.64. The maximum absolute atomic E-state index is 11.7. The third kappa shape index (κ3) is 2.64. The summed E-state index contributed by atoms with van der Waals surface area (Å²) in [6.45, 7) is 1.93. The van der Waals surface area contributed by atoms with Gasteiger partial charge >= 0.3 is 11.9 Å². The van der Waals surface area contributed by atoms with Crippen LogP contribution in [0.4, 0.5) is 0 Å². The van der Waals surface area contributed by atoms with Crippen molar-refractivity contribution in [3.8, 4) is 11.5 Å². The van der Waals surface area contributed by atoms with Crippen molar-refractivity contribution in [3.05, 3.63) is 23.3 Å². The molecule has 2 aromatic heterocycles. The van der Waals surface area contributed by atoms with E-state index in [-0.39, 0.29) is 17.3 Å². The molecule has 0 atom stereocenters. The molecule has 112 valence electrons. The predicted molar refractivity (Wildman–Crippen MR) is 70.8 cm³/mol. The van der Waals surface area contributed by atoms with Crippen LogP contribution >= 0.6 is 0 Å². The van der Waals surface area contributed by atoms with Gasteiger partial charge in [-0.15, -0.1) is 0 Å². The van der Waals surface area contributed by atoms with Gasteiger partial charge in [-0.2, -0.15) is 5.10 Å². The largest absolute Gasteiger partial charge is 0.464 e. The highest BCUT2D eigenvalue weighted by molar-refractivity contribution is 6.00. The second-order valence-corrected chi connectivity index (χ2v) is 4.20. The third-order valence-corrected chi connectivity index (χ3v) is 2.85. The van der Waals surface area contributed by atoms with Crippen LogP contribution in [-0.2, 0) is 22.9 Å². The molecule has 0 aliphatic rings. The molecular formula is C13H15N3O5. The van der Waals surface area contributed by atoms with Crippen molar-refractivity contribution in [1.82, 2.24) is 14.8 Å². The first-order valence-corrected chi connectivity index (χ1v) is 6.22. The highest BCUT2D eigenvalue weighted by atomic mass is 16.5. The quantitative estimate of drug-likeness (QED) is 0.781. The van der Waals surface area contributed by atoms with Gasteiger partial charge in [0, 0.05) is 13.2 Å². The summed E-state index contributed by atoms with van der Waals surface area (Å²) >= 11 is 0. The summed E-state index contributed by atoms with van der Waals surface area (Å²) in [5.41, 5.74) is 1.14. The molecule has 0 radical (unpaired) electrons. The average Bonchev–Trinajstić information content (AvgIpc) is 3.08. The Bertz CT molecular complexity index is 653. The number of nitrogens with zero attached hydrogens (tertiary/aromatic N) is 3. The van der Waals surface area contributed by atoms with Crippen LogP contribution in [0.3, 0.4) is 0 Å². The maximum atomic E-state index is 11.7. The lowest BCUT2D eigenvalue weighted by molar-refractivity contribution is 0.0527. The van der Waals surface area contributed by atoms with E-state index >= 15 is 0 Å². The average molecular weight is 293 g/mol. The smallest absolute Gasteiger partial charge is 0.376 e. The second-order valence-electron chi connectivity index (χ2n) is 4.20. The SMILES string of the molecule is CCc1nn(C)cc1-c1nc(C(=O)OC)c(C(=O)OC)o1. The fourth-order valence-electron chi connectivity index (χ4n) is 1.88. The van der Waals surface area contributed by atoms with Crippen molar-refractivity contribution >= 4 is 11.9 Å². The number of hydrogen-bond acceptors (Lipinski definition) is 7. The van der Waals surface area contributed by atoms with Crippen molar-refractivity contribution < 1.29 is 23.5 Å². The number of rotatable bonds is 4. The van der Waals surface area contributed by atoms with Gasteiger partial charge in [0.05, 0.1) is 25.5 Å². The van der Waals surface area contributed by atoms with E-state index in [2.05, 4.69) is 19.6 Å². The highest BCUT2D eigenvalue weighted by Gasteiger charge is 2.28. The molecule has 0 amide bonds. The van der Waals surface area contributed by atoms with E-state index in [1.54, 1.807) is 17.9 Å². The van der Waals surface area contributed by atoms with Crippen molar-refractivity contribution in [2.24, 2.45) is 7.05 Å². The molecule has 2 heterocycles. The van der Waals surface area contributed by atoms with Crippen molar-refractivity contribution in [2.75, 3.05) is 14.2 Å². The molecule has 0 bridgehead atoms. The first-order valence-electron chi connectivity index (χ1n) is 6.22. The number of hydrogen-bond donors (Lipinski definition) is 0. The van der Waals surface area contributed by atoms with Gasteiger partial charge in [0.25, 0.3) is 0 Å².